The summed E-state index contributed by atoms with van der Waals surface area (Å²) in [6.07, 6.45) is -0.228. The van der Waals surface area contributed by atoms with E-state index in [4.69, 9.17) is 14.2 Å². The minimum Gasteiger partial charge on any atom is -0.496 e. The molecule has 4 nitrogen and oxygen atoms in total. The first-order chi connectivity index (χ1) is 8.62. The predicted octanol–water partition coefficient (Wildman–Crippen LogP) is 2.73. The van der Waals surface area contributed by atoms with Gasteiger partial charge in [-0.25, -0.2) is 0 Å². The van der Waals surface area contributed by atoms with Crippen molar-refractivity contribution in [3.05, 3.63) is 28.2 Å². The van der Waals surface area contributed by atoms with Crippen LogP contribution >= 0.6 is 15.9 Å². The molecule has 0 radical (unpaired) electrons. The third-order valence-corrected chi connectivity index (χ3v) is 3.41. The molecule has 0 saturated heterocycles. The SMILES string of the molecule is COc1ccc([C@H](C)NCC(OC)OC)cc1Br. The van der Waals surface area contributed by atoms with Crippen LogP contribution < -0.4 is 10.1 Å². The van der Waals surface area contributed by atoms with Gasteiger partial charge in [0.15, 0.2) is 6.29 Å². The van der Waals surface area contributed by atoms with Crippen LogP contribution in [0, 0.1) is 0 Å². The average molecular weight is 318 g/mol. The van der Waals surface area contributed by atoms with Crippen LogP contribution in [0.15, 0.2) is 22.7 Å². The molecular weight excluding hydrogens is 298 g/mol. The Balaban J connectivity index is 2.61. The summed E-state index contributed by atoms with van der Waals surface area (Å²) in [5, 5.41) is 3.35. The molecule has 102 valence electrons. The summed E-state index contributed by atoms with van der Waals surface area (Å²) in [6, 6.07) is 6.24. The quantitative estimate of drug-likeness (QED) is 0.785. The third-order valence-electron chi connectivity index (χ3n) is 2.79. The van der Waals surface area contributed by atoms with Gasteiger partial charge in [0.05, 0.1) is 11.6 Å². The van der Waals surface area contributed by atoms with Crippen molar-refractivity contribution in [1.29, 1.82) is 0 Å². The van der Waals surface area contributed by atoms with Crippen molar-refractivity contribution in [3.8, 4) is 5.75 Å². The lowest BCUT2D eigenvalue weighted by molar-refractivity contribution is -0.0997. The van der Waals surface area contributed by atoms with Crippen LogP contribution in [0.4, 0.5) is 0 Å². The number of ether oxygens (including phenoxy) is 3. The zero-order valence-electron chi connectivity index (χ0n) is 11.2. The summed E-state index contributed by atoms with van der Waals surface area (Å²) in [6.45, 7) is 2.73. The summed E-state index contributed by atoms with van der Waals surface area (Å²) in [7, 11) is 4.91. The lowest BCUT2D eigenvalue weighted by atomic mass is 10.1. The van der Waals surface area contributed by atoms with Gasteiger partial charge in [-0.15, -0.1) is 0 Å². The van der Waals surface area contributed by atoms with Crippen LogP contribution in [0.2, 0.25) is 0 Å². The van der Waals surface area contributed by atoms with Gasteiger partial charge in [0.1, 0.15) is 5.75 Å². The van der Waals surface area contributed by atoms with Gasteiger partial charge in [-0.1, -0.05) is 6.07 Å². The maximum absolute atomic E-state index is 5.21. The van der Waals surface area contributed by atoms with Crippen molar-refractivity contribution in [2.45, 2.75) is 19.3 Å². The van der Waals surface area contributed by atoms with E-state index in [-0.39, 0.29) is 12.3 Å². The Hall–Kier alpha value is -0.620. The van der Waals surface area contributed by atoms with Gasteiger partial charge in [-0.05, 0) is 40.5 Å². The van der Waals surface area contributed by atoms with Crippen LogP contribution in [-0.2, 0) is 9.47 Å². The Bertz CT molecular complexity index is 369. The van der Waals surface area contributed by atoms with E-state index in [0.717, 1.165) is 10.2 Å². The molecule has 0 aliphatic heterocycles. The minimum absolute atomic E-state index is 0.208. The second-order valence-corrected chi connectivity index (χ2v) is 4.78. The Morgan fingerprint density at radius 1 is 1.22 bits per heavy atom. The molecule has 1 aromatic rings. The molecule has 0 spiro atoms. The van der Waals surface area contributed by atoms with Crippen LogP contribution in [0.3, 0.4) is 0 Å². The van der Waals surface area contributed by atoms with Crippen molar-refractivity contribution in [2.75, 3.05) is 27.9 Å². The Labute approximate surface area is 117 Å². The van der Waals surface area contributed by atoms with Gasteiger partial charge in [-0.3, -0.25) is 0 Å². The van der Waals surface area contributed by atoms with E-state index in [1.807, 2.05) is 18.2 Å². The van der Waals surface area contributed by atoms with E-state index in [0.29, 0.717) is 6.54 Å². The zero-order chi connectivity index (χ0) is 13.5. The fourth-order valence-electron chi connectivity index (χ4n) is 1.61. The Kier molecular flexibility index (Phi) is 6.63. The van der Waals surface area contributed by atoms with E-state index in [9.17, 15) is 0 Å². The second kappa shape index (κ2) is 7.74. The van der Waals surface area contributed by atoms with Crippen LogP contribution in [-0.4, -0.2) is 34.2 Å². The molecule has 0 aromatic heterocycles. The molecule has 1 N–H and O–H groups in total. The van der Waals surface area contributed by atoms with E-state index in [2.05, 4.69) is 28.2 Å². The predicted molar refractivity (Wildman–Crippen MR) is 74.9 cm³/mol. The average Bonchev–Trinajstić information content (AvgIpc) is 2.39. The van der Waals surface area contributed by atoms with E-state index >= 15 is 0 Å². The van der Waals surface area contributed by atoms with Crippen LogP contribution in [0.25, 0.3) is 0 Å². The molecule has 1 aromatic carbocycles. The van der Waals surface area contributed by atoms with Gasteiger partial charge in [0, 0.05) is 26.8 Å². The number of nitrogens with one attached hydrogen (secondary N) is 1. The molecular formula is C13H20BrNO3. The molecule has 0 unspecified atom stereocenters. The minimum atomic E-state index is -0.228. The molecule has 18 heavy (non-hydrogen) atoms. The summed E-state index contributed by atoms with van der Waals surface area (Å²) >= 11 is 3.48. The highest BCUT2D eigenvalue weighted by molar-refractivity contribution is 9.10. The number of methoxy groups -OCH3 is 3. The zero-order valence-corrected chi connectivity index (χ0v) is 12.8. The van der Waals surface area contributed by atoms with Crippen molar-refractivity contribution < 1.29 is 14.2 Å². The summed E-state index contributed by atoms with van der Waals surface area (Å²) < 4.78 is 16.4. The van der Waals surface area contributed by atoms with Gasteiger partial charge in [0.2, 0.25) is 0 Å². The lowest BCUT2D eigenvalue weighted by Gasteiger charge is -2.19. The van der Waals surface area contributed by atoms with Gasteiger partial charge in [-0.2, -0.15) is 0 Å². The van der Waals surface area contributed by atoms with Crippen LogP contribution in [0.1, 0.15) is 18.5 Å². The topological polar surface area (TPSA) is 39.7 Å². The maximum atomic E-state index is 5.21. The highest BCUT2D eigenvalue weighted by atomic mass is 79.9. The van der Waals surface area contributed by atoms with E-state index in [1.165, 1.54) is 5.56 Å². The first-order valence-electron chi connectivity index (χ1n) is 5.74. The number of hydrogen-bond acceptors (Lipinski definition) is 4. The fraction of sp³-hybridized carbons (Fsp3) is 0.538. The smallest absolute Gasteiger partial charge is 0.169 e. The van der Waals surface area contributed by atoms with Gasteiger partial charge in [0.25, 0.3) is 0 Å². The summed E-state index contributed by atoms with van der Waals surface area (Å²) in [4.78, 5) is 0. The number of rotatable bonds is 7. The maximum Gasteiger partial charge on any atom is 0.169 e. The fourth-order valence-corrected chi connectivity index (χ4v) is 2.16. The molecule has 0 fully saturated rings. The van der Waals surface area contributed by atoms with E-state index < -0.39 is 0 Å². The Morgan fingerprint density at radius 2 is 1.89 bits per heavy atom. The number of hydrogen-bond donors (Lipinski definition) is 1. The van der Waals surface area contributed by atoms with Crippen LogP contribution in [0.5, 0.6) is 5.75 Å². The first-order valence-corrected chi connectivity index (χ1v) is 6.54. The normalized spacial score (nSPS) is 12.8. The lowest BCUT2D eigenvalue weighted by Crippen LogP contribution is -2.31. The molecule has 1 atom stereocenters. The number of benzene rings is 1. The standard InChI is InChI=1S/C13H20BrNO3/c1-9(15-8-13(17-3)18-4)10-5-6-12(16-2)11(14)7-10/h5-7,9,13,15H,8H2,1-4H3/t9-/m0/s1. The van der Waals surface area contributed by atoms with Crippen molar-refractivity contribution in [2.24, 2.45) is 0 Å². The van der Waals surface area contributed by atoms with E-state index in [1.54, 1.807) is 21.3 Å². The number of halogens is 1. The highest BCUT2D eigenvalue weighted by Gasteiger charge is 2.11. The summed E-state index contributed by atoms with van der Waals surface area (Å²) in [5.41, 5.74) is 1.17. The van der Waals surface area contributed by atoms with Crippen molar-refractivity contribution in [1.82, 2.24) is 5.32 Å². The molecule has 0 heterocycles. The van der Waals surface area contributed by atoms with Crippen molar-refractivity contribution in [3.63, 3.8) is 0 Å². The van der Waals surface area contributed by atoms with Gasteiger partial charge < -0.3 is 19.5 Å². The largest absolute Gasteiger partial charge is 0.496 e. The molecule has 0 saturated carbocycles. The van der Waals surface area contributed by atoms with Crippen molar-refractivity contribution >= 4 is 15.9 Å². The van der Waals surface area contributed by atoms with Gasteiger partial charge >= 0.3 is 0 Å². The third kappa shape index (κ3) is 4.24. The molecule has 0 aliphatic rings. The summed E-state index contributed by atoms with van der Waals surface area (Å²) in [5.74, 6) is 0.831. The molecule has 5 heteroatoms. The molecule has 1 rings (SSSR count). The second-order valence-electron chi connectivity index (χ2n) is 3.92. The monoisotopic (exact) mass is 317 g/mol. The molecule has 0 bridgehead atoms. The Morgan fingerprint density at radius 3 is 2.39 bits per heavy atom. The first kappa shape index (κ1) is 15.4. The molecule has 0 aliphatic carbocycles. The molecule has 0 amide bonds. The highest BCUT2D eigenvalue weighted by Crippen LogP contribution is 2.27.